The number of rotatable bonds is 5. The molecule has 2 heterocycles. The van der Waals surface area contributed by atoms with Gasteiger partial charge in [-0.1, -0.05) is 13.0 Å². The van der Waals surface area contributed by atoms with E-state index in [4.69, 9.17) is 0 Å². The standard InChI is InChI=1S/C26H33N3O4S/c1-4-25(30)29-13-5-6-21-17-23(9-10-24(21)29)34(32,33)28-14-11-20(12-15-28)26(31)27-22-8-7-18(2)19(3)16-22/h7-10,16-17,20H,4-6,11-15H2,1-3H3,(H,27,31). The van der Waals surface area contributed by atoms with Gasteiger partial charge in [-0.05, 0) is 86.6 Å². The van der Waals surface area contributed by atoms with E-state index in [1.54, 1.807) is 23.1 Å². The second-order valence-corrected chi connectivity index (χ2v) is 11.2. The van der Waals surface area contributed by atoms with Crippen LogP contribution in [0.4, 0.5) is 11.4 Å². The zero-order valence-corrected chi connectivity index (χ0v) is 21.0. The molecule has 2 aromatic rings. The van der Waals surface area contributed by atoms with E-state index >= 15 is 0 Å². The Kier molecular flexibility index (Phi) is 7.09. The van der Waals surface area contributed by atoms with E-state index in [-0.39, 0.29) is 22.6 Å². The summed E-state index contributed by atoms with van der Waals surface area (Å²) < 4.78 is 28.1. The van der Waals surface area contributed by atoms with Crippen molar-refractivity contribution in [3.05, 3.63) is 53.1 Å². The van der Waals surface area contributed by atoms with Crippen LogP contribution in [0, 0.1) is 19.8 Å². The van der Waals surface area contributed by atoms with Gasteiger partial charge in [0.05, 0.1) is 4.90 Å². The molecule has 0 aliphatic carbocycles. The van der Waals surface area contributed by atoms with E-state index in [9.17, 15) is 18.0 Å². The highest BCUT2D eigenvalue weighted by Crippen LogP contribution is 2.32. The molecule has 1 fully saturated rings. The Morgan fingerprint density at radius 1 is 1.00 bits per heavy atom. The topological polar surface area (TPSA) is 86.8 Å². The van der Waals surface area contributed by atoms with Crippen molar-refractivity contribution in [3.63, 3.8) is 0 Å². The van der Waals surface area contributed by atoms with Crippen LogP contribution in [0.15, 0.2) is 41.3 Å². The molecule has 0 saturated carbocycles. The number of carbonyl (C=O) groups excluding carboxylic acids is 2. The van der Waals surface area contributed by atoms with Crippen molar-refractivity contribution in [2.24, 2.45) is 5.92 Å². The van der Waals surface area contributed by atoms with E-state index < -0.39 is 10.0 Å². The van der Waals surface area contributed by atoms with Crippen LogP contribution in [0.3, 0.4) is 0 Å². The second kappa shape index (κ2) is 9.88. The van der Waals surface area contributed by atoms with Crippen LogP contribution in [-0.2, 0) is 26.0 Å². The number of amides is 2. The van der Waals surface area contributed by atoms with Crippen molar-refractivity contribution in [2.75, 3.05) is 29.9 Å². The molecule has 0 atom stereocenters. The average molecular weight is 484 g/mol. The zero-order chi connectivity index (χ0) is 24.5. The molecule has 1 saturated heterocycles. The van der Waals surface area contributed by atoms with Gasteiger partial charge >= 0.3 is 0 Å². The van der Waals surface area contributed by atoms with Gasteiger partial charge in [0.2, 0.25) is 21.8 Å². The molecule has 8 heteroatoms. The highest BCUT2D eigenvalue weighted by Gasteiger charge is 2.33. The molecule has 1 N–H and O–H groups in total. The molecule has 0 spiro atoms. The number of benzene rings is 2. The largest absolute Gasteiger partial charge is 0.326 e. The summed E-state index contributed by atoms with van der Waals surface area (Å²) in [7, 11) is -3.66. The van der Waals surface area contributed by atoms with Crippen LogP contribution < -0.4 is 10.2 Å². The van der Waals surface area contributed by atoms with Gasteiger partial charge in [0.25, 0.3) is 0 Å². The number of fused-ring (bicyclic) bond motifs is 1. The van der Waals surface area contributed by atoms with Crippen molar-refractivity contribution in [2.45, 2.75) is 57.8 Å². The first-order valence-corrected chi connectivity index (χ1v) is 13.5. The molecule has 0 unspecified atom stereocenters. The number of hydrogen-bond acceptors (Lipinski definition) is 4. The van der Waals surface area contributed by atoms with Crippen LogP contribution in [0.1, 0.15) is 49.3 Å². The van der Waals surface area contributed by atoms with Crippen LogP contribution >= 0.6 is 0 Å². The second-order valence-electron chi connectivity index (χ2n) is 9.26. The van der Waals surface area contributed by atoms with Gasteiger partial charge in [0.15, 0.2) is 0 Å². The van der Waals surface area contributed by atoms with Gasteiger partial charge in [-0.2, -0.15) is 4.31 Å². The summed E-state index contributed by atoms with van der Waals surface area (Å²) in [5, 5.41) is 2.98. The van der Waals surface area contributed by atoms with Gasteiger partial charge in [0.1, 0.15) is 0 Å². The summed E-state index contributed by atoms with van der Waals surface area (Å²) in [6.45, 7) is 7.16. The van der Waals surface area contributed by atoms with E-state index in [0.29, 0.717) is 38.9 Å². The maximum Gasteiger partial charge on any atom is 0.243 e. The SMILES string of the molecule is CCC(=O)N1CCCc2cc(S(=O)(=O)N3CCC(C(=O)Nc4ccc(C)c(C)c4)CC3)ccc21. The number of aryl methyl sites for hydroxylation is 3. The first-order chi connectivity index (χ1) is 16.2. The molecule has 0 aromatic heterocycles. The lowest BCUT2D eigenvalue weighted by Crippen LogP contribution is -2.41. The minimum absolute atomic E-state index is 0.0534. The number of sulfonamides is 1. The Morgan fingerprint density at radius 2 is 1.74 bits per heavy atom. The van der Waals surface area contributed by atoms with Crippen molar-refractivity contribution in [3.8, 4) is 0 Å². The smallest absolute Gasteiger partial charge is 0.243 e. The highest BCUT2D eigenvalue weighted by molar-refractivity contribution is 7.89. The molecule has 2 aromatic carbocycles. The van der Waals surface area contributed by atoms with Crippen LogP contribution in [0.25, 0.3) is 0 Å². The third-order valence-corrected chi connectivity index (χ3v) is 8.90. The number of anilines is 2. The molecule has 0 radical (unpaired) electrons. The lowest BCUT2D eigenvalue weighted by atomic mass is 9.97. The Balaban J connectivity index is 1.42. The predicted molar refractivity (Wildman–Crippen MR) is 133 cm³/mol. The Labute approximate surface area is 202 Å². The fourth-order valence-corrected chi connectivity index (χ4v) is 6.28. The molecular formula is C26H33N3O4S. The van der Waals surface area contributed by atoms with E-state index in [1.807, 2.05) is 39.0 Å². The Hall–Kier alpha value is -2.71. The number of nitrogens with zero attached hydrogens (tertiary/aromatic N) is 2. The van der Waals surface area contributed by atoms with Gasteiger partial charge in [-0.25, -0.2) is 8.42 Å². The van der Waals surface area contributed by atoms with Crippen molar-refractivity contribution in [1.82, 2.24) is 4.31 Å². The zero-order valence-electron chi connectivity index (χ0n) is 20.1. The highest BCUT2D eigenvalue weighted by atomic mass is 32.2. The number of nitrogens with one attached hydrogen (secondary N) is 1. The Bertz CT molecular complexity index is 1200. The number of piperidine rings is 1. The molecule has 2 amide bonds. The fourth-order valence-electron chi connectivity index (χ4n) is 4.75. The maximum absolute atomic E-state index is 13.3. The van der Waals surface area contributed by atoms with Crippen LogP contribution in [0.5, 0.6) is 0 Å². The lowest BCUT2D eigenvalue weighted by Gasteiger charge is -2.32. The molecular weight excluding hydrogens is 450 g/mol. The Morgan fingerprint density at radius 3 is 2.41 bits per heavy atom. The van der Waals surface area contributed by atoms with Crippen molar-refractivity contribution >= 4 is 33.2 Å². The van der Waals surface area contributed by atoms with E-state index in [2.05, 4.69) is 5.32 Å². The molecule has 0 bridgehead atoms. The minimum Gasteiger partial charge on any atom is -0.326 e. The first kappa shape index (κ1) is 24.4. The predicted octanol–water partition coefficient (Wildman–Crippen LogP) is 4.03. The monoisotopic (exact) mass is 483 g/mol. The minimum atomic E-state index is -3.66. The van der Waals surface area contributed by atoms with Gasteiger partial charge in [0, 0.05) is 43.3 Å². The third kappa shape index (κ3) is 4.88. The summed E-state index contributed by atoms with van der Waals surface area (Å²) in [6, 6.07) is 10.9. The summed E-state index contributed by atoms with van der Waals surface area (Å²) in [5.41, 5.74) is 4.78. The average Bonchev–Trinajstić information content (AvgIpc) is 2.85. The van der Waals surface area contributed by atoms with Crippen molar-refractivity contribution in [1.29, 1.82) is 0 Å². The summed E-state index contributed by atoms with van der Waals surface area (Å²) in [5.74, 6) is -0.224. The van der Waals surface area contributed by atoms with Crippen LogP contribution in [0.2, 0.25) is 0 Å². The molecule has 4 rings (SSSR count). The molecule has 7 nitrogen and oxygen atoms in total. The molecule has 2 aliphatic heterocycles. The number of hydrogen-bond donors (Lipinski definition) is 1. The van der Waals surface area contributed by atoms with Gasteiger partial charge < -0.3 is 10.2 Å². The van der Waals surface area contributed by atoms with Gasteiger partial charge in [-0.3, -0.25) is 9.59 Å². The van der Waals surface area contributed by atoms with Gasteiger partial charge in [-0.15, -0.1) is 0 Å². The first-order valence-electron chi connectivity index (χ1n) is 12.0. The van der Waals surface area contributed by atoms with E-state index in [0.717, 1.165) is 35.3 Å². The molecule has 2 aliphatic rings. The maximum atomic E-state index is 13.3. The van der Waals surface area contributed by atoms with Crippen LogP contribution in [-0.4, -0.2) is 44.2 Å². The summed E-state index contributed by atoms with van der Waals surface area (Å²) in [4.78, 5) is 27.0. The summed E-state index contributed by atoms with van der Waals surface area (Å²) >= 11 is 0. The molecule has 34 heavy (non-hydrogen) atoms. The normalized spacial score (nSPS) is 17.3. The third-order valence-electron chi connectivity index (χ3n) is 7.01. The molecule has 182 valence electrons. The van der Waals surface area contributed by atoms with Crippen molar-refractivity contribution < 1.29 is 18.0 Å². The lowest BCUT2D eigenvalue weighted by molar-refractivity contribution is -0.121. The van der Waals surface area contributed by atoms with E-state index in [1.165, 1.54) is 9.87 Å². The fraction of sp³-hybridized carbons (Fsp3) is 0.462. The quantitative estimate of drug-likeness (QED) is 0.696. The summed E-state index contributed by atoms with van der Waals surface area (Å²) in [6.07, 6.45) is 2.97. The number of carbonyl (C=O) groups is 2.